The first-order chi connectivity index (χ1) is 9.61. The van der Waals surface area contributed by atoms with Gasteiger partial charge in [-0.05, 0) is 49.2 Å². The van der Waals surface area contributed by atoms with Crippen molar-refractivity contribution in [3.8, 4) is 0 Å². The minimum atomic E-state index is -0.482. The number of amides is 1. The Morgan fingerprint density at radius 3 is 2.55 bits per heavy atom. The number of rotatable bonds is 4. The van der Waals surface area contributed by atoms with Gasteiger partial charge in [0.05, 0.1) is 5.56 Å². The Hall–Kier alpha value is -2.20. The van der Waals surface area contributed by atoms with Crippen LogP contribution in [0.25, 0.3) is 0 Å². The zero-order chi connectivity index (χ0) is 14.5. The molecule has 2 aromatic rings. The largest absolute Gasteiger partial charge is 0.330 e. The number of halogens is 1. The second-order valence-electron chi connectivity index (χ2n) is 4.63. The van der Waals surface area contributed by atoms with E-state index in [1.54, 1.807) is 31.2 Å². The number of anilines is 1. The number of carbonyl (C=O) groups excluding carboxylic acids is 1. The summed E-state index contributed by atoms with van der Waals surface area (Å²) in [4.78, 5) is 12.0. The summed E-state index contributed by atoms with van der Waals surface area (Å²) in [6.07, 6.45) is 0.792. The molecule has 20 heavy (non-hydrogen) atoms. The average Bonchev–Trinajstić information content (AvgIpc) is 2.44. The third-order valence-electron chi connectivity index (χ3n) is 3.08. The molecule has 0 aliphatic carbocycles. The summed E-state index contributed by atoms with van der Waals surface area (Å²) in [7, 11) is 0. The summed E-state index contributed by atoms with van der Waals surface area (Å²) >= 11 is 0. The van der Waals surface area contributed by atoms with Crippen LogP contribution in [0.1, 0.15) is 21.5 Å². The summed E-state index contributed by atoms with van der Waals surface area (Å²) in [5.74, 6) is -0.928. The molecule has 0 atom stereocenters. The normalized spacial score (nSPS) is 10.3. The Balaban J connectivity index is 2.13. The topological polar surface area (TPSA) is 55.1 Å². The molecule has 0 fully saturated rings. The number of aryl methyl sites for hydroxylation is 1. The van der Waals surface area contributed by atoms with Crippen LogP contribution in [0, 0.1) is 12.7 Å². The highest BCUT2D eigenvalue weighted by Gasteiger charge is 2.13. The first kappa shape index (κ1) is 14.2. The van der Waals surface area contributed by atoms with Gasteiger partial charge in [0, 0.05) is 5.69 Å². The molecule has 3 N–H and O–H groups in total. The maximum atomic E-state index is 13.8. The molecule has 0 saturated carbocycles. The second kappa shape index (κ2) is 6.30. The summed E-state index contributed by atoms with van der Waals surface area (Å²) in [6, 6.07) is 12.1. The molecule has 104 valence electrons. The van der Waals surface area contributed by atoms with E-state index in [1.165, 1.54) is 6.07 Å². The predicted molar refractivity (Wildman–Crippen MR) is 78.3 cm³/mol. The smallest absolute Gasteiger partial charge is 0.258 e. The van der Waals surface area contributed by atoms with E-state index in [-0.39, 0.29) is 5.56 Å². The highest BCUT2D eigenvalue weighted by molar-refractivity contribution is 6.04. The molecule has 2 aromatic carbocycles. The lowest BCUT2D eigenvalue weighted by molar-refractivity contribution is 0.102. The first-order valence-electron chi connectivity index (χ1n) is 6.47. The monoisotopic (exact) mass is 272 g/mol. The number of nitrogens with one attached hydrogen (secondary N) is 1. The molecule has 0 aromatic heterocycles. The molecule has 0 bridgehead atoms. The minimum absolute atomic E-state index is 0.0519. The van der Waals surface area contributed by atoms with Crippen molar-refractivity contribution in [2.75, 3.05) is 11.9 Å². The minimum Gasteiger partial charge on any atom is -0.330 e. The lowest BCUT2D eigenvalue weighted by Gasteiger charge is -2.08. The molecule has 0 aliphatic rings. The van der Waals surface area contributed by atoms with Crippen molar-refractivity contribution in [3.63, 3.8) is 0 Å². The zero-order valence-corrected chi connectivity index (χ0v) is 11.3. The van der Waals surface area contributed by atoms with E-state index in [1.807, 2.05) is 12.1 Å². The van der Waals surface area contributed by atoms with Gasteiger partial charge in [0.15, 0.2) is 0 Å². The maximum absolute atomic E-state index is 13.8. The molecule has 0 aliphatic heterocycles. The van der Waals surface area contributed by atoms with Crippen LogP contribution in [0.5, 0.6) is 0 Å². The predicted octanol–water partition coefficient (Wildman–Crippen LogP) is 2.89. The standard InChI is InChI=1S/C16H17FN2O/c1-11-3-2-4-14(15(11)17)16(20)19-13-7-5-12(6-8-13)9-10-18/h2-8H,9-10,18H2,1H3,(H,19,20). The Morgan fingerprint density at radius 2 is 1.90 bits per heavy atom. The second-order valence-corrected chi connectivity index (χ2v) is 4.63. The van der Waals surface area contributed by atoms with E-state index in [0.717, 1.165) is 12.0 Å². The molecule has 0 heterocycles. The Labute approximate surface area is 117 Å². The molecule has 0 radical (unpaired) electrons. The fourth-order valence-corrected chi connectivity index (χ4v) is 1.94. The molecule has 0 saturated heterocycles. The van der Waals surface area contributed by atoms with Gasteiger partial charge in [-0.15, -0.1) is 0 Å². The third kappa shape index (κ3) is 3.22. The number of nitrogens with two attached hydrogens (primary N) is 1. The van der Waals surface area contributed by atoms with E-state index >= 15 is 0 Å². The lowest BCUT2D eigenvalue weighted by Crippen LogP contribution is -2.14. The van der Waals surface area contributed by atoms with E-state index < -0.39 is 11.7 Å². The van der Waals surface area contributed by atoms with Crippen molar-refractivity contribution < 1.29 is 9.18 Å². The van der Waals surface area contributed by atoms with Gasteiger partial charge < -0.3 is 11.1 Å². The van der Waals surface area contributed by atoms with Gasteiger partial charge in [0.2, 0.25) is 0 Å². The lowest BCUT2D eigenvalue weighted by atomic mass is 10.1. The van der Waals surface area contributed by atoms with Crippen LogP contribution in [0.4, 0.5) is 10.1 Å². The van der Waals surface area contributed by atoms with Crippen molar-refractivity contribution in [2.24, 2.45) is 5.73 Å². The van der Waals surface area contributed by atoms with E-state index in [2.05, 4.69) is 5.32 Å². The Morgan fingerprint density at radius 1 is 1.20 bits per heavy atom. The van der Waals surface area contributed by atoms with E-state index in [9.17, 15) is 9.18 Å². The SMILES string of the molecule is Cc1cccc(C(=O)Nc2ccc(CCN)cc2)c1F. The van der Waals surface area contributed by atoms with Gasteiger partial charge in [-0.3, -0.25) is 4.79 Å². The molecule has 2 rings (SSSR count). The Kier molecular flexibility index (Phi) is 4.48. The molecule has 0 unspecified atom stereocenters. The average molecular weight is 272 g/mol. The van der Waals surface area contributed by atoms with Gasteiger partial charge in [-0.1, -0.05) is 24.3 Å². The van der Waals surface area contributed by atoms with Crippen LogP contribution in [0.3, 0.4) is 0 Å². The molecule has 3 nitrogen and oxygen atoms in total. The van der Waals surface area contributed by atoms with Gasteiger partial charge in [0.25, 0.3) is 5.91 Å². The fraction of sp³-hybridized carbons (Fsp3) is 0.188. The van der Waals surface area contributed by atoms with Crippen molar-refractivity contribution >= 4 is 11.6 Å². The van der Waals surface area contributed by atoms with Crippen LogP contribution >= 0.6 is 0 Å². The van der Waals surface area contributed by atoms with Crippen LogP contribution < -0.4 is 11.1 Å². The molecule has 1 amide bonds. The highest BCUT2D eigenvalue weighted by atomic mass is 19.1. The van der Waals surface area contributed by atoms with Gasteiger partial charge in [-0.2, -0.15) is 0 Å². The number of benzene rings is 2. The molecular formula is C16H17FN2O. The first-order valence-corrected chi connectivity index (χ1v) is 6.47. The Bertz CT molecular complexity index is 608. The molecular weight excluding hydrogens is 255 g/mol. The van der Waals surface area contributed by atoms with Gasteiger partial charge in [-0.25, -0.2) is 4.39 Å². The zero-order valence-electron chi connectivity index (χ0n) is 11.3. The maximum Gasteiger partial charge on any atom is 0.258 e. The summed E-state index contributed by atoms with van der Waals surface area (Å²) < 4.78 is 13.8. The van der Waals surface area contributed by atoms with Crippen molar-refractivity contribution in [2.45, 2.75) is 13.3 Å². The number of hydrogen-bond donors (Lipinski definition) is 2. The van der Waals surface area contributed by atoms with E-state index in [4.69, 9.17) is 5.73 Å². The molecule has 0 spiro atoms. The van der Waals surface area contributed by atoms with Crippen LogP contribution in [-0.4, -0.2) is 12.5 Å². The van der Waals surface area contributed by atoms with Crippen LogP contribution in [0.15, 0.2) is 42.5 Å². The van der Waals surface area contributed by atoms with Gasteiger partial charge in [0.1, 0.15) is 5.82 Å². The van der Waals surface area contributed by atoms with Crippen molar-refractivity contribution in [3.05, 3.63) is 65.0 Å². The molecule has 4 heteroatoms. The third-order valence-corrected chi connectivity index (χ3v) is 3.08. The van der Waals surface area contributed by atoms with Crippen molar-refractivity contribution in [1.82, 2.24) is 0 Å². The summed E-state index contributed by atoms with van der Waals surface area (Å²) in [6.45, 7) is 2.22. The van der Waals surface area contributed by atoms with Crippen LogP contribution in [-0.2, 0) is 6.42 Å². The van der Waals surface area contributed by atoms with Gasteiger partial charge >= 0.3 is 0 Å². The van der Waals surface area contributed by atoms with E-state index in [0.29, 0.717) is 17.8 Å². The van der Waals surface area contributed by atoms with Crippen LogP contribution in [0.2, 0.25) is 0 Å². The number of carbonyl (C=O) groups is 1. The number of hydrogen-bond acceptors (Lipinski definition) is 2. The highest BCUT2D eigenvalue weighted by Crippen LogP contribution is 2.15. The van der Waals surface area contributed by atoms with Crippen molar-refractivity contribution in [1.29, 1.82) is 0 Å². The summed E-state index contributed by atoms with van der Waals surface area (Å²) in [5, 5.41) is 2.69. The quantitative estimate of drug-likeness (QED) is 0.899. The summed E-state index contributed by atoms with van der Waals surface area (Å²) in [5.41, 5.74) is 7.72. The fourth-order valence-electron chi connectivity index (χ4n) is 1.94.